The third-order valence-electron chi connectivity index (χ3n) is 5.52. The summed E-state index contributed by atoms with van der Waals surface area (Å²) in [4.78, 5) is 34.7. The Hall–Kier alpha value is -2.65. The molecule has 0 bridgehead atoms. The first-order valence-electron chi connectivity index (χ1n) is 11.7. The van der Waals surface area contributed by atoms with E-state index in [0.717, 1.165) is 10.9 Å². The number of alkyl halides is 2. The number of carbonyl (C=O) groups is 1. The quantitative estimate of drug-likeness (QED) is 0.151. The molecule has 0 amide bonds. The summed E-state index contributed by atoms with van der Waals surface area (Å²) in [5.74, 6) is -0.477. The molecule has 1 saturated heterocycles. The van der Waals surface area contributed by atoms with E-state index in [1.54, 1.807) is 44.2 Å². The van der Waals surface area contributed by atoms with Gasteiger partial charge < -0.3 is 29.4 Å². The standard InChI is InChI=1S/C22H27ClFN6O7PS/c1-11(2)35-19(33)12(3)29-38(39,37-13-7-5-4-6-8-13)34-9-14-16(31)22(23,24)20(36-14)30-10-26-15-17(30)27-21(25)28-18(15)32/h4-8,10-12,14,16,20,31H,9H2,1-3H3,(H,29,39)(H3,25,27,28,32)/t12-,14-,16-,20-,22-,38?/m1/s1. The van der Waals surface area contributed by atoms with Crippen molar-refractivity contribution in [3.8, 4) is 5.75 Å². The lowest BCUT2D eigenvalue weighted by Gasteiger charge is -2.28. The van der Waals surface area contributed by atoms with E-state index in [1.807, 2.05) is 0 Å². The van der Waals surface area contributed by atoms with E-state index in [-0.39, 0.29) is 23.2 Å². The highest BCUT2D eigenvalue weighted by atomic mass is 35.5. The first-order valence-corrected chi connectivity index (χ1v) is 14.7. The Labute approximate surface area is 232 Å². The van der Waals surface area contributed by atoms with Gasteiger partial charge in [-0.1, -0.05) is 29.8 Å². The van der Waals surface area contributed by atoms with Crippen LogP contribution in [0, 0.1) is 0 Å². The summed E-state index contributed by atoms with van der Waals surface area (Å²) >= 11 is 11.7. The van der Waals surface area contributed by atoms with E-state index in [4.69, 9.17) is 47.7 Å². The van der Waals surface area contributed by atoms with Crippen molar-refractivity contribution in [1.29, 1.82) is 0 Å². The molecule has 6 atom stereocenters. The number of aromatic amines is 1. The van der Waals surface area contributed by atoms with Crippen LogP contribution in [0.2, 0.25) is 0 Å². The Balaban J connectivity index is 1.56. The number of benzene rings is 1. The van der Waals surface area contributed by atoms with Gasteiger partial charge in [-0.25, -0.2) is 14.5 Å². The SMILES string of the molecule is CC(C)OC(=O)[C@@H](C)NP(=S)(OC[C@H]1O[C@@H](n2cnc3c(=O)[nH]c(N)nc32)[C@@](F)(Cl)[C@@H]1O)Oc1ccccc1. The lowest BCUT2D eigenvalue weighted by molar-refractivity contribution is -0.149. The summed E-state index contributed by atoms with van der Waals surface area (Å²) < 4.78 is 39.4. The number of esters is 1. The maximum absolute atomic E-state index is 15.6. The van der Waals surface area contributed by atoms with Crippen LogP contribution in [0.15, 0.2) is 41.5 Å². The number of hydrogen-bond donors (Lipinski definition) is 4. The van der Waals surface area contributed by atoms with Crippen molar-refractivity contribution in [2.45, 2.75) is 56.5 Å². The lowest BCUT2D eigenvalue weighted by Crippen LogP contribution is -2.40. The number of hydrogen-bond acceptors (Lipinski definition) is 11. The maximum Gasteiger partial charge on any atom is 0.323 e. The van der Waals surface area contributed by atoms with Crippen LogP contribution in [-0.2, 0) is 30.6 Å². The van der Waals surface area contributed by atoms with Crippen molar-refractivity contribution in [2.24, 2.45) is 0 Å². The normalized spacial score (nSPS) is 25.5. The van der Waals surface area contributed by atoms with Gasteiger partial charge in [0.15, 0.2) is 17.4 Å². The second-order valence-electron chi connectivity index (χ2n) is 8.96. The average molecular weight is 605 g/mol. The molecule has 13 nitrogen and oxygen atoms in total. The van der Waals surface area contributed by atoms with E-state index >= 15 is 4.39 Å². The van der Waals surface area contributed by atoms with Crippen LogP contribution in [0.25, 0.3) is 11.2 Å². The van der Waals surface area contributed by atoms with Gasteiger partial charge in [-0.05, 0) is 44.7 Å². The van der Waals surface area contributed by atoms with E-state index in [2.05, 4.69) is 20.0 Å². The molecule has 17 heteroatoms. The van der Waals surface area contributed by atoms with Crippen molar-refractivity contribution in [2.75, 3.05) is 12.3 Å². The number of imidazole rings is 1. The minimum Gasteiger partial charge on any atom is -0.462 e. The highest BCUT2D eigenvalue weighted by molar-refractivity contribution is 8.09. The molecule has 3 heterocycles. The molecule has 1 aliphatic rings. The van der Waals surface area contributed by atoms with Gasteiger partial charge in [0.2, 0.25) is 5.95 Å². The monoisotopic (exact) mass is 604 g/mol. The summed E-state index contributed by atoms with van der Waals surface area (Å²) in [6.45, 7) is 0.925. The van der Waals surface area contributed by atoms with Gasteiger partial charge in [0.25, 0.3) is 10.7 Å². The Morgan fingerprint density at radius 3 is 2.77 bits per heavy atom. The van der Waals surface area contributed by atoms with Crippen molar-refractivity contribution < 1.29 is 32.8 Å². The number of aliphatic hydroxyl groups excluding tert-OH is 1. The molecule has 5 N–H and O–H groups in total. The number of nitrogens with zero attached hydrogens (tertiary/aromatic N) is 3. The number of nitrogens with two attached hydrogens (primary N) is 1. The van der Waals surface area contributed by atoms with Crippen LogP contribution < -0.4 is 20.9 Å². The predicted molar refractivity (Wildman–Crippen MR) is 143 cm³/mol. The average Bonchev–Trinajstić information content (AvgIpc) is 3.36. The molecule has 2 aromatic heterocycles. The summed E-state index contributed by atoms with van der Waals surface area (Å²) in [7, 11) is 0. The topological polar surface area (TPSA) is 176 Å². The van der Waals surface area contributed by atoms with E-state index in [1.165, 1.54) is 6.92 Å². The molecule has 0 spiro atoms. The lowest BCUT2D eigenvalue weighted by atomic mass is 10.1. The summed E-state index contributed by atoms with van der Waals surface area (Å²) in [5.41, 5.74) is 4.73. The van der Waals surface area contributed by atoms with Gasteiger partial charge in [0.1, 0.15) is 24.0 Å². The van der Waals surface area contributed by atoms with Gasteiger partial charge in [0.05, 0.1) is 19.0 Å². The minimum absolute atomic E-state index is 0.102. The Bertz CT molecular complexity index is 1440. The number of para-hydroxylation sites is 1. The van der Waals surface area contributed by atoms with E-state index < -0.39 is 54.4 Å². The van der Waals surface area contributed by atoms with Gasteiger partial charge in [0, 0.05) is 0 Å². The molecule has 1 unspecified atom stereocenters. The molecule has 0 saturated carbocycles. The summed E-state index contributed by atoms with van der Waals surface area (Å²) in [6, 6.07) is 7.54. The number of anilines is 1. The number of fused-ring (bicyclic) bond motifs is 1. The zero-order valence-electron chi connectivity index (χ0n) is 21.0. The van der Waals surface area contributed by atoms with Crippen LogP contribution in [-0.4, -0.2) is 66.7 Å². The van der Waals surface area contributed by atoms with E-state index in [0.29, 0.717) is 5.75 Å². The number of nitrogen functional groups attached to an aromatic ring is 1. The molecule has 1 aliphatic heterocycles. The molecule has 1 aromatic carbocycles. The first-order chi connectivity index (χ1) is 18.3. The Kier molecular flexibility index (Phi) is 8.61. The number of ether oxygens (including phenoxy) is 2. The van der Waals surface area contributed by atoms with Gasteiger partial charge in [-0.3, -0.25) is 19.1 Å². The number of H-pyrrole nitrogens is 1. The van der Waals surface area contributed by atoms with Crippen LogP contribution in [0.1, 0.15) is 27.0 Å². The molecule has 4 rings (SSSR count). The molecule has 212 valence electrons. The second-order valence-corrected chi connectivity index (χ2v) is 12.7. The Morgan fingerprint density at radius 1 is 1.41 bits per heavy atom. The van der Waals surface area contributed by atoms with Crippen molar-refractivity contribution in [3.63, 3.8) is 0 Å². The van der Waals surface area contributed by atoms with Crippen LogP contribution >= 0.6 is 18.2 Å². The summed E-state index contributed by atoms with van der Waals surface area (Å²) in [6.07, 6.45) is -4.20. The predicted octanol–water partition coefficient (Wildman–Crippen LogP) is 2.11. The molecule has 0 radical (unpaired) electrons. The zero-order chi connectivity index (χ0) is 28.5. The van der Waals surface area contributed by atoms with Gasteiger partial charge in [-0.15, -0.1) is 0 Å². The third kappa shape index (κ3) is 6.40. The smallest absolute Gasteiger partial charge is 0.323 e. The van der Waals surface area contributed by atoms with E-state index in [9.17, 15) is 14.7 Å². The maximum atomic E-state index is 15.6. The number of rotatable bonds is 10. The fourth-order valence-electron chi connectivity index (χ4n) is 3.73. The fourth-order valence-corrected chi connectivity index (χ4v) is 6.44. The molecule has 39 heavy (non-hydrogen) atoms. The number of nitrogens with one attached hydrogen (secondary N) is 2. The zero-order valence-corrected chi connectivity index (χ0v) is 23.5. The largest absolute Gasteiger partial charge is 0.462 e. The third-order valence-corrected chi connectivity index (χ3v) is 8.43. The summed E-state index contributed by atoms with van der Waals surface area (Å²) in [5, 5.41) is 10.7. The van der Waals surface area contributed by atoms with Crippen molar-refractivity contribution >= 4 is 53.1 Å². The Morgan fingerprint density at radius 2 is 2.10 bits per heavy atom. The minimum atomic E-state index is -3.52. The van der Waals surface area contributed by atoms with Gasteiger partial charge in [-0.2, -0.15) is 4.98 Å². The molecular formula is C22H27ClFN6O7PS. The molecular weight excluding hydrogens is 578 g/mol. The van der Waals surface area contributed by atoms with Crippen molar-refractivity contribution in [3.05, 3.63) is 47.0 Å². The van der Waals surface area contributed by atoms with Crippen LogP contribution in [0.4, 0.5) is 10.3 Å². The van der Waals surface area contributed by atoms with Crippen molar-refractivity contribution in [1.82, 2.24) is 24.6 Å². The highest BCUT2D eigenvalue weighted by Crippen LogP contribution is 2.49. The van der Waals surface area contributed by atoms with Crippen LogP contribution in [0.5, 0.6) is 5.75 Å². The van der Waals surface area contributed by atoms with Gasteiger partial charge >= 0.3 is 12.6 Å². The number of carbonyl (C=O) groups excluding carboxylic acids is 1. The second kappa shape index (κ2) is 11.5. The first kappa shape index (κ1) is 29.3. The number of halogens is 2. The molecule has 0 aliphatic carbocycles. The highest BCUT2D eigenvalue weighted by Gasteiger charge is 2.58. The van der Waals surface area contributed by atoms with Crippen LogP contribution in [0.3, 0.4) is 0 Å². The number of aromatic nitrogens is 4. The molecule has 1 fully saturated rings. The fraction of sp³-hybridized carbons (Fsp3) is 0.455. The number of aliphatic hydroxyl groups is 1. The molecule has 3 aromatic rings.